The Morgan fingerprint density at radius 2 is 2.06 bits per heavy atom. The van der Waals surface area contributed by atoms with Gasteiger partial charge in [-0.1, -0.05) is 11.6 Å². The Kier molecular flexibility index (Phi) is 3.08. The fourth-order valence-electron chi connectivity index (χ4n) is 1.34. The van der Waals surface area contributed by atoms with Gasteiger partial charge < -0.3 is 5.01 Å². The maximum absolute atomic E-state index is 12.0. The van der Waals surface area contributed by atoms with Gasteiger partial charge in [-0.3, -0.25) is 9.78 Å². The minimum Gasteiger partial charge on any atom is -0.311 e. The highest BCUT2D eigenvalue weighted by atomic mass is 35.5. The van der Waals surface area contributed by atoms with E-state index in [9.17, 15) is 4.79 Å². The number of hydrogen-bond acceptors (Lipinski definition) is 5. The lowest BCUT2D eigenvalue weighted by Gasteiger charge is -2.13. The van der Waals surface area contributed by atoms with Gasteiger partial charge in [0.1, 0.15) is 5.02 Å². The molecule has 2 aromatic heterocycles. The standard InChI is InChI=1S/C10H10ClN5O/c1-15(12)8-6-14-16(10(17)9(8)11)7-2-4-13-5-3-7/h2-6H,12H2,1H3. The van der Waals surface area contributed by atoms with E-state index in [0.29, 0.717) is 11.4 Å². The summed E-state index contributed by atoms with van der Waals surface area (Å²) in [4.78, 5) is 15.8. The van der Waals surface area contributed by atoms with Crippen LogP contribution in [-0.2, 0) is 0 Å². The Labute approximate surface area is 102 Å². The molecular weight excluding hydrogens is 242 g/mol. The van der Waals surface area contributed by atoms with Gasteiger partial charge in [0.15, 0.2) is 0 Å². The first-order valence-electron chi connectivity index (χ1n) is 4.78. The number of aromatic nitrogens is 3. The van der Waals surface area contributed by atoms with Crippen LogP contribution in [-0.4, -0.2) is 21.8 Å². The van der Waals surface area contributed by atoms with Gasteiger partial charge >= 0.3 is 0 Å². The van der Waals surface area contributed by atoms with Crippen molar-refractivity contribution >= 4 is 17.3 Å². The highest BCUT2D eigenvalue weighted by Crippen LogP contribution is 2.17. The Morgan fingerprint density at radius 3 is 2.65 bits per heavy atom. The number of hydrogen-bond donors (Lipinski definition) is 1. The molecule has 6 nitrogen and oxygen atoms in total. The third-order valence-electron chi connectivity index (χ3n) is 2.19. The largest absolute Gasteiger partial charge is 0.311 e. The van der Waals surface area contributed by atoms with Crippen LogP contribution in [0.5, 0.6) is 0 Å². The first kappa shape index (κ1) is 11.6. The SMILES string of the molecule is CN(N)c1cnn(-c2ccncc2)c(=O)c1Cl. The molecule has 0 aromatic carbocycles. The van der Waals surface area contributed by atoms with E-state index >= 15 is 0 Å². The van der Waals surface area contributed by atoms with Crippen molar-refractivity contribution in [1.82, 2.24) is 14.8 Å². The molecule has 0 spiro atoms. The van der Waals surface area contributed by atoms with Crippen LogP contribution in [0.4, 0.5) is 5.69 Å². The summed E-state index contributed by atoms with van der Waals surface area (Å²) in [5.41, 5.74) is 0.549. The Morgan fingerprint density at radius 1 is 1.41 bits per heavy atom. The minimum absolute atomic E-state index is 0.0295. The average Bonchev–Trinajstić information content (AvgIpc) is 2.33. The predicted octanol–water partition coefficient (Wildman–Crippen LogP) is 0.591. The van der Waals surface area contributed by atoms with E-state index in [2.05, 4.69) is 10.1 Å². The van der Waals surface area contributed by atoms with E-state index in [-0.39, 0.29) is 5.02 Å². The van der Waals surface area contributed by atoms with Crippen LogP contribution in [0.25, 0.3) is 5.69 Å². The second-order valence-corrected chi connectivity index (χ2v) is 3.76. The number of nitrogens with zero attached hydrogens (tertiary/aromatic N) is 4. The van der Waals surface area contributed by atoms with Gasteiger partial charge in [0, 0.05) is 19.4 Å². The van der Waals surface area contributed by atoms with E-state index in [0.717, 1.165) is 0 Å². The number of hydrazine groups is 1. The summed E-state index contributed by atoms with van der Waals surface area (Å²) in [5, 5.41) is 5.27. The van der Waals surface area contributed by atoms with E-state index in [1.54, 1.807) is 31.6 Å². The zero-order chi connectivity index (χ0) is 12.4. The van der Waals surface area contributed by atoms with E-state index in [1.807, 2.05) is 0 Å². The number of rotatable bonds is 2. The molecule has 0 bridgehead atoms. The van der Waals surface area contributed by atoms with Crippen molar-refractivity contribution in [2.45, 2.75) is 0 Å². The van der Waals surface area contributed by atoms with E-state index in [4.69, 9.17) is 17.4 Å². The maximum Gasteiger partial charge on any atom is 0.292 e. The highest BCUT2D eigenvalue weighted by Gasteiger charge is 2.11. The summed E-state index contributed by atoms with van der Waals surface area (Å²) < 4.78 is 1.19. The van der Waals surface area contributed by atoms with Crippen molar-refractivity contribution in [3.8, 4) is 5.69 Å². The first-order valence-corrected chi connectivity index (χ1v) is 5.15. The lowest BCUT2D eigenvalue weighted by atomic mass is 10.4. The monoisotopic (exact) mass is 251 g/mol. The average molecular weight is 252 g/mol. The second kappa shape index (κ2) is 4.52. The lowest BCUT2D eigenvalue weighted by molar-refractivity contribution is 0.798. The van der Waals surface area contributed by atoms with Crippen LogP contribution in [0.1, 0.15) is 0 Å². The first-order chi connectivity index (χ1) is 8.11. The number of anilines is 1. The van der Waals surface area contributed by atoms with Crippen LogP contribution in [0.3, 0.4) is 0 Å². The van der Waals surface area contributed by atoms with Crippen LogP contribution in [0.2, 0.25) is 5.02 Å². The van der Waals surface area contributed by atoms with Gasteiger partial charge in [0.25, 0.3) is 5.56 Å². The quantitative estimate of drug-likeness (QED) is 0.624. The minimum atomic E-state index is -0.423. The Balaban J connectivity index is 2.60. The number of nitrogens with two attached hydrogens (primary N) is 1. The van der Waals surface area contributed by atoms with E-state index in [1.165, 1.54) is 15.9 Å². The fourth-order valence-corrected chi connectivity index (χ4v) is 1.60. The summed E-state index contributed by atoms with van der Waals surface area (Å²) in [6, 6.07) is 3.33. The molecule has 0 atom stereocenters. The maximum atomic E-state index is 12.0. The molecule has 0 saturated carbocycles. The van der Waals surface area contributed by atoms with Crippen LogP contribution in [0.15, 0.2) is 35.5 Å². The normalized spacial score (nSPS) is 10.3. The molecular formula is C10H10ClN5O. The Bertz CT molecular complexity index is 581. The van der Waals surface area contributed by atoms with Gasteiger partial charge in [-0.25, -0.2) is 5.84 Å². The molecule has 2 aromatic rings. The number of halogens is 1. The van der Waals surface area contributed by atoms with Crippen LogP contribution in [0, 0.1) is 0 Å². The van der Waals surface area contributed by atoms with Crippen molar-refractivity contribution in [2.24, 2.45) is 5.84 Å². The van der Waals surface area contributed by atoms with E-state index < -0.39 is 5.56 Å². The smallest absolute Gasteiger partial charge is 0.292 e. The van der Waals surface area contributed by atoms with Gasteiger partial charge in [-0.2, -0.15) is 9.78 Å². The summed E-state index contributed by atoms with van der Waals surface area (Å²) in [7, 11) is 1.58. The van der Waals surface area contributed by atoms with Crippen molar-refractivity contribution in [2.75, 3.05) is 12.1 Å². The number of pyridine rings is 1. The zero-order valence-electron chi connectivity index (χ0n) is 9.04. The molecule has 0 aliphatic carbocycles. The van der Waals surface area contributed by atoms with Gasteiger partial charge in [-0.15, -0.1) is 0 Å². The third-order valence-corrected chi connectivity index (χ3v) is 2.54. The fraction of sp³-hybridized carbons (Fsp3) is 0.100. The zero-order valence-corrected chi connectivity index (χ0v) is 9.80. The van der Waals surface area contributed by atoms with Gasteiger partial charge in [0.2, 0.25) is 0 Å². The molecule has 2 N–H and O–H groups in total. The Hall–Kier alpha value is -1.92. The van der Waals surface area contributed by atoms with Crippen LogP contribution >= 0.6 is 11.6 Å². The third kappa shape index (κ3) is 2.13. The van der Waals surface area contributed by atoms with Gasteiger partial charge in [-0.05, 0) is 12.1 Å². The van der Waals surface area contributed by atoms with Crippen molar-refractivity contribution in [3.63, 3.8) is 0 Å². The predicted molar refractivity (Wildman–Crippen MR) is 65.2 cm³/mol. The molecule has 17 heavy (non-hydrogen) atoms. The topological polar surface area (TPSA) is 77.0 Å². The van der Waals surface area contributed by atoms with Gasteiger partial charge in [0.05, 0.1) is 17.6 Å². The van der Waals surface area contributed by atoms with Crippen molar-refractivity contribution in [3.05, 3.63) is 46.1 Å². The molecule has 88 valence electrons. The molecule has 0 radical (unpaired) electrons. The molecule has 0 fully saturated rings. The second-order valence-electron chi connectivity index (χ2n) is 3.38. The lowest BCUT2D eigenvalue weighted by Crippen LogP contribution is -2.30. The van der Waals surface area contributed by atoms with Crippen LogP contribution < -0.4 is 16.4 Å². The van der Waals surface area contributed by atoms with Crippen molar-refractivity contribution in [1.29, 1.82) is 0 Å². The molecule has 0 saturated heterocycles. The molecule has 0 amide bonds. The highest BCUT2D eigenvalue weighted by molar-refractivity contribution is 6.33. The molecule has 2 rings (SSSR count). The molecule has 0 aliphatic heterocycles. The summed E-state index contributed by atoms with van der Waals surface area (Å²) in [6.45, 7) is 0. The molecule has 0 aliphatic rings. The molecule has 2 heterocycles. The summed E-state index contributed by atoms with van der Waals surface area (Å²) in [5.74, 6) is 5.52. The molecule has 0 unspecified atom stereocenters. The summed E-state index contributed by atoms with van der Waals surface area (Å²) in [6.07, 6.45) is 4.57. The molecule has 7 heteroatoms. The van der Waals surface area contributed by atoms with Crippen molar-refractivity contribution < 1.29 is 0 Å². The summed E-state index contributed by atoms with van der Waals surface area (Å²) >= 11 is 5.93.